The summed E-state index contributed by atoms with van der Waals surface area (Å²) in [7, 11) is 1.64. The third-order valence-electron chi connectivity index (χ3n) is 3.94. The molecule has 0 radical (unpaired) electrons. The standard InChI is InChI=1S/C21H19ClFNO2/c1-25-19-10-8-18(9-11-19)24-13-15-4-2-3-5-21(15)26-14-16-6-7-17(23)12-20(16)22/h2-12,24H,13-14H2,1H3. The summed E-state index contributed by atoms with van der Waals surface area (Å²) in [5, 5.41) is 3.72. The van der Waals surface area contributed by atoms with Crippen LogP contribution in [0.15, 0.2) is 66.7 Å². The molecule has 0 fully saturated rings. The molecule has 5 heteroatoms. The highest BCUT2D eigenvalue weighted by Crippen LogP contribution is 2.24. The number of hydrogen-bond acceptors (Lipinski definition) is 3. The zero-order valence-electron chi connectivity index (χ0n) is 14.3. The molecule has 3 rings (SSSR count). The van der Waals surface area contributed by atoms with E-state index in [2.05, 4.69) is 5.32 Å². The van der Waals surface area contributed by atoms with Crippen molar-refractivity contribution in [2.75, 3.05) is 12.4 Å². The first-order valence-electron chi connectivity index (χ1n) is 8.18. The van der Waals surface area contributed by atoms with Gasteiger partial charge >= 0.3 is 0 Å². The molecule has 0 aromatic heterocycles. The van der Waals surface area contributed by atoms with Crippen LogP contribution in [0.2, 0.25) is 5.02 Å². The Kier molecular flexibility index (Phi) is 5.97. The normalized spacial score (nSPS) is 10.4. The van der Waals surface area contributed by atoms with Crippen molar-refractivity contribution in [1.29, 1.82) is 0 Å². The summed E-state index contributed by atoms with van der Waals surface area (Å²) in [6, 6.07) is 19.8. The minimum Gasteiger partial charge on any atom is -0.497 e. The SMILES string of the molecule is COc1ccc(NCc2ccccc2OCc2ccc(F)cc2Cl)cc1. The zero-order valence-corrected chi connectivity index (χ0v) is 15.1. The van der Waals surface area contributed by atoms with Crippen LogP contribution in [0.3, 0.4) is 0 Å². The third-order valence-corrected chi connectivity index (χ3v) is 4.30. The molecular formula is C21H19ClFNO2. The van der Waals surface area contributed by atoms with Crippen LogP contribution < -0.4 is 14.8 Å². The number of nitrogens with one attached hydrogen (secondary N) is 1. The van der Waals surface area contributed by atoms with Crippen molar-refractivity contribution in [3.8, 4) is 11.5 Å². The molecule has 0 saturated heterocycles. The average Bonchev–Trinajstić information content (AvgIpc) is 2.67. The van der Waals surface area contributed by atoms with E-state index in [1.54, 1.807) is 13.2 Å². The highest BCUT2D eigenvalue weighted by atomic mass is 35.5. The fourth-order valence-corrected chi connectivity index (χ4v) is 2.71. The molecule has 0 aliphatic heterocycles. The number of rotatable bonds is 7. The predicted octanol–water partition coefficient (Wildman–Crippen LogP) is 5.68. The van der Waals surface area contributed by atoms with E-state index >= 15 is 0 Å². The van der Waals surface area contributed by atoms with Crippen molar-refractivity contribution in [1.82, 2.24) is 0 Å². The van der Waals surface area contributed by atoms with Gasteiger partial charge in [-0.05, 0) is 42.5 Å². The Bertz CT molecular complexity index is 868. The second kappa shape index (κ2) is 8.59. The fraction of sp³-hybridized carbons (Fsp3) is 0.143. The minimum absolute atomic E-state index is 0.276. The van der Waals surface area contributed by atoms with E-state index < -0.39 is 0 Å². The molecule has 0 aliphatic carbocycles. The third kappa shape index (κ3) is 4.67. The molecule has 3 aromatic carbocycles. The first-order valence-corrected chi connectivity index (χ1v) is 8.56. The summed E-state index contributed by atoms with van der Waals surface area (Å²) in [4.78, 5) is 0. The Hall–Kier alpha value is -2.72. The summed E-state index contributed by atoms with van der Waals surface area (Å²) in [5.74, 6) is 1.22. The van der Waals surface area contributed by atoms with Crippen molar-refractivity contribution in [2.24, 2.45) is 0 Å². The lowest BCUT2D eigenvalue weighted by Crippen LogP contribution is -2.04. The van der Waals surface area contributed by atoms with Gasteiger partial charge in [0.25, 0.3) is 0 Å². The van der Waals surface area contributed by atoms with Crippen molar-refractivity contribution in [2.45, 2.75) is 13.2 Å². The van der Waals surface area contributed by atoms with Crippen LogP contribution in [-0.2, 0) is 13.2 Å². The van der Waals surface area contributed by atoms with Crippen LogP contribution in [0.5, 0.6) is 11.5 Å². The van der Waals surface area contributed by atoms with Gasteiger partial charge in [-0.2, -0.15) is 0 Å². The number of ether oxygens (including phenoxy) is 2. The van der Waals surface area contributed by atoms with Gasteiger partial charge in [-0.1, -0.05) is 35.9 Å². The van der Waals surface area contributed by atoms with Crippen LogP contribution in [0.1, 0.15) is 11.1 Å². The molecule has 26 heavy (non-hydrogen) atoms. The van der Waals surface area contributed by atoms with E-state index in [1.165, 1.54) is 12.1 Å². The molecule has 0 amide bonds. The van der Waals surface area contributed by atoms with Gasteiger partial charge in [0.1, 0.15) is 23.9 Å². The fourth-order valence-electron chi connectivity index (χ4n) is 2.49. The van der Waals surface area contributed by atoms with Crippen molar-refractivity contribution >= 4 is 17.3 Å². The van der Waals surface area contributed by atoms with Gasteiger partial charge in [-0.15, -0.1) is 0 Å². The topological polar surface area (TPSA) is 30.5 Å². The van der Waals surface area contributed by atoms with E-state index in [4.69, 9.17) is 21.1 Å². The van der Waals surface area contributed by atoms with Gasteiger partial charge in [0.15, 0.2) is 0 Å². The highest BCUT2D eigenvalue weighted by molar-refractivity contribution is 6.31. The molecule has 134 valence electrons. The summed E-state index contributed by atoms with van der Waals surface area (Å²) in [5.41, 5.74) is 2.75. The Morgan fingerprint density at radius 2 is 1.73 bits per heavy atom. The van der Waals surface area contributed by atoms with Crippen molar-refractivity contribution < 1.29 is 13.9 Å². The lowest BCUT2D eigenvalue weighted by molar-refractivity contribution is 0.303. The van der Waals surface area contributed by atoms with E-state index in [9.17, 15) is 4.39 Å². The lowest BCUT2D eigenvalue weighted by Gasteiger charge is -2.14. The van der Waals surface area contributed by atoms with E-state index in [0.717, 1.165) is 28.3 Å². The number of hydrogen-bond donors (Lipinski definition) is 1. The molecule has 0 unspecified atom stereocenters. The average molecular weight is 372 g/mol. The molecular weight excluding hydrogens is 353 g/mol. The number of para-hydroxylation sites is 1. The van der Waals surface area contributed by atoms with Crippen LogP contribution in [0.4, 0.5) is 10.1 Å². The van der Waals surface area contributed by atoms with Gasteiger partial charge < -0.3 is 14.8 Å². The first-order chi connectivity index (χ1) is 12.7. The smallest absolute Gasteiger partial charge is 0.124 e. The zero-order chi connectivity index (χ0) is 18.4. The Balaban J connectivity index is 1.65. The maximum absolute atomic E-state index is 13.1. The molecule has 0 bridgehead atoms. The van der Waals surface area contributed by atoms with Crippen molar-refractivity contribution in [3.63, 3.8) is 0 Å². The van der Waals surface area contributed by atoms with E-state index in [1.807, 2.05) is 48.5 Å². The molecule has 0 aliphatic rings. The molecule has 0 saturated carbocycles. The second-order valence-corrected chi connectivity index (χ2v) is 6.12. The Labute approximate surface area is 157 Å². The van der Waals surface area contributed by atoms with Crippen LogP contribution in [0.25, 0.3) is 0 Å². The number of methoxy groups -OCH3 is 1. The number of halogens is 2. The molecule has 0 heterocycles. The summed E-state index contributed by atoms with van der Waals surface area (Å²) in [6.45, 7) is 0.887. The molecule has 0 spiro atoms. The summed E-state index contributed by atoms with van der Waals surface area (Å²) >= 11 is 6.06. The van der Waals surface area contributed by atoms with E-state index in [0.29, 0.717) is 11.6 Å². The first kappa shape index (κ1) is 18.1. The quantitative estimate of drug-likeness (QED) is 0.579. The van der Waals surface area contributed by atoms with Gasteiger partial charge in [-0.3, -0.25) is 0 Å². The van der Waals surface area contributed by atoms with Gasteiger partial charge in [-0.25, -0.2) is 4.39 Å². The number of anilines is 1. The Morgan fingerprint density at radius 1 is 0.962 bits per heavy atom. The number of benzene rings is 3. The van der Waals surface area contributed by atoms with Crippen LogP contribution >= 0.6 is 11.6 Å². The maximum atomic E-state index is 13.1. The highest BCUT2D eigenvalue weighted by Gasteiger charge is 2.07. The summed E-state index contributed by atoms with van der Waals surface area (Å²) < 4.78 is 24.2. The largest absolute Gasteiger partial charge is 0.497 e. The Morgan fingerprint density at radius 3 is 2.46 bits per heavy atom. The minimum atomic E-state index is -0.358. The van der Waals surface area contributed by atoms with E-state index in [-0.39, 0.29) is 12.4 Å². The van der Waals surface area contributed by atoms with Gasteiger partial charge in [0, 0.05) is 23.4 Å². The van der Waals surface area contributed by atoms with Crippen molar-refractivity contribution in [3.05, 3.63) is 88.7 Å². The summed E-state index contributed by atoms with van der Waals surface area (Å²) in [6.07, 6.45) is 0. The lowest BCUT2D eigenvalue weighted by atomic mass is 10.2. The molecule has 1 N–H and O–H groups in total. The molecule has 0 atom stereocenters. The van der Waals surface area contributed by atoms with Gasteiger partial charge in [0.05, 0.1) is 12.1 Å². The van der Waals surface area contributed by atoms with Crippen LogP contribution in [-0.4, -0.2) is 7.11 Å². The molecule has 3 aromatic rings. The van der Waals surface area contributed by atoms with Crippen LogP contribution in [0, 0.1) is 5.82 Å². The monoisotopic (exact) mass is 371 g/mol. The van der Waals surface area contributed by atoms with Gasteiger partial charge in [0.2, 0.25) is 0 Å². The predicted molar refractivity (Wildman–Crippen MR) is 103 cm³/mol. The molecule has 3 nitrogen and oxygen atoms in total. The maximum Gasteiger partial charge on any atom is 0.124 e. The second-order valence-electron chi connectivity index (χ2n) is 5.71.